The fourth-order valence-corrected chi connectivity index (χ4v) is 3.14. The molecule has 0 spiro atoms. The van der Waals surface area contributed by atoms with Gasteiger partial charge in [0.05, 0.1) is 25.7 Å². The molecule has 1 amide bonds. The molecule has 8 nitrogen and oxygen atoms in total. The molecular weight excluding hydrogens is 362 g/mol. The highest BCUT2D eigenvalue weighted by Gasteiger charge is 2.37. The van der Waals surface area contributed by atoms with Crippen LogP contribution in [0.1, 0.15) is 17.3 Å². The summed E-state index contributed by atoms with van der Waals surface area (Å²) in [7, 11) is 0. The number of carbonyl (C=O) groups excluding carboxylic acids is 1. The van der Waals surface area contributed by atoms with E-state index < -0.39 is 12.1 Å². The molecule has 2 heterocycles. The summed E-state index contributed by atoms with van der Waals surface area (Å²) in [5.41, 5.74) is 1.53. The van der Waals surface area contributed by atoms with Gasteiger partial charge >= 0.3 is 0 Å². The normalized spacial score (nSPS) is 19.4. The summed E-state index contributed by atoms with van der Waals surface area (Å²) >= 11 is 6.30. The number of nitrogens with one attached hydrogen (secondary N) is 1. The van der Waals surface area contributed by atoms with E-state index in [4.69, 9.17) is 26.2 Å². The van der Waals surface area contributed by atoms with E-state index in [9.17, 15) is 9.90 Å². The fraction of sp³-hybridized carbons (Fsp3) is 0.353. The largest absolute Gasteiger partial charge is 0.483 e. The van der Waals surface area contributed by atoms with Crippen molar-refractivity contribution in [3.8, 4) is 0 Å². The standard InChI is InChI=1S/C16H18ClN3O3.CH2O2/c17-13-4-2-1-3-12(13)16-14(10-21)23-8-7-20(16)15(22)9-11-5-6-18-19-11;2-1-3/h1-6,14,16,21H,7-10H2,(H,18,19);1H,(H,2,3)/t14-,16-;/m0./s1. The predicted octanol–water partition coefficient (Wildman–Crippen LogP) is 1.27. The number of morpholine rings is 1. The number of halogens is 1. The summed E-state index contributed by atoms with van der Waals surface area (Å²) in [6.07, 6.45) is 1.35. The zero-order valence-electron chi connectivity index (χ0n) is 13.9. The Morgan fingerprint density at radius 3 is 2.77 bits per heavy atom. The van der Waals surface area contributed by atoms with Gasteiger partial charge in [-0.2, -0.15) is 5.10 Å². The highest BCUT2D eigenvalue weighted by atomic mass is 35.5. The number of benzene rings is 1. The molecule has 0 saturated carbocycles. The van der Waals surface area contributed by atoms with Gasteiger partial charge in [0.2, 0.25) is 5.91 Å². The number of hydrogen-bond acceptors (Lipinski definition) is 5. The van der Waals surface area contributed by atoms with Crippen LogP contribution in [0.3, 0.4) is 0 Å². The Balaban J connectivity index is 0.000000758. The zero-order valence-corrected chi connectivity index (χ0v) is 14.7. The van der Waals surface area contributed by atoms with Crippen molar-refractivity contribution >= 4 is 24.0 Å². The molecule has 0 bridgehead atoms. The zero-order chi connectivity index (χ0) is 18.9. The number of ether oxygens (including phenoxy) is 1. The first-order chi connectivity index (χ1) is 12.6. The predicted molar refractivity (Wildman–Crippen MR) is 93.7 cm³/mol. The molecule has 0 unspecified atom stereocenters. The summed E-state index contributed by atoms with van der Waals surface area (Å²) in [4.78, 5) is 22.8. The lowest BCUT2D eigenvalue weighted by molar-refractivity contribution is -0.149. The number of nitrogens with zero attached hydrogens (tertiary/aromatic N) is 2. The van der Waals surface area contributed by atoms with E-state index in [0.717, 1.165) is 11.3 Å². The smallest absolute Gasteiger partial charge is 0.290 e. The molecule has 1 saturated heterocycles. The van der Waals surface area contributed by atoms with Gasteiger partial charge in [0, 0.05) is 23.5 Å². The third-order valence-corrected chi connectivity index (χ3v) is 4.32. The van der Waals surface area contributed by atoms with Gasteiger partial charge in [0.15, 0.2) is 0 Å². The first-order valence-corrected chi connectivity index (χ1v) is 8.32. The van der Waals surface area contributed by atoms with E-state index in [0.29, 0.717) is 18.2 Å². The van der Waals surface area contributed by atoms with Gasteiger partial charge in [0.1, 0.15) is 6.10 Å². The Morgan fingerprint density at radius 2 is 2.15 bits per heavy atom. The monoisotopic (exact) mass is 381 g/mol. The summed E-state index contributed by atoms with van der Waals surface area (Å²) in [6.45, 7) is 0.421. The third kappa shape index (κ3) is 4.81. The topological polar surface area (TPSA) is 116 Å². The lowest BCUT2D eigenvalue weighted by Gasteiger charge is -2.41. The maximum absolute atomic E-state index is 12.7. The van der Waals surface area contributed by atoms with Crippen molar-refractivity contribution in [3.63, 3.8) is 0 Å². The van der Waals surface area contributed by atoms with Gasteiger partial charge in [-0.15, -0.1) is 0 Å². The van der Waals surface area contributed by atoms with Crippen LogP contribution in [0.4, 0.5) is 0 Å². The average molecular weight is 382 g/mol. The maximum atomic E-state index is 12.7. The van der Waals surface area contributed by atoms with Crippen LogP contribution < -0.4 is 0 Å². The molecule has 3 N–H and O–H groups in total. The van der Waals surface area contributed by atoms with Crippen LogP contribution in [-0.4, -0.2) is 63.6 Å². The summed E-state index contributed by atoms with van der Waals surface area (Å²) in [5.74, 6) is -0.0547. The highest BCUT2D eigenvalue weighted by molar-refractivity contribution is 6.31. The summed E-state index contributed by atoms with van der Waals surface area (Å²) < 4.78 is 5.64. The summed E-state index contributed by atoms with van der Waals surface area (Å²) in [5, 5.41) is 23.7. The Hall–Kier alpha value is -2.42. The number of amides is 1. The third-order valence-electron chi connectivity index (χ3n) is 3.98. The van der Waals surface area contributed by atoms with E-state index in [1.54, 1.807) is 23.2 Å². The second kappa shape index (κ2) is 9.91. The number of hydrogen-bond donors (Lipinski definition) is 3. The Labute approximate surface area is 155 Å². The number of aromatic nitrogens is 2. The molecule has 2 aromatic rings. The Morgan fingerprint density at radius 1 is 1.42 bits per heavy atom. The second-order valence-electron chi connectivity index (χ2n) is 5.51. The van der Waals surface area contributed by atoms with E-state index in [1.807, 2.05) is 18.2 Å². The molecule has 0 aliphatic carbocycles. The van der Waals surface area contributed by atoms with Crippen molar-refractivity contribution in [1.29, 1.82) is 0 Å². The van der Waals surface area contributed by atoms with E-state index in [-0.39, 0.29) is 25.4 Å². The van der Waals surface area contributed by atoms with Crippen LogP contribution >= 0.6 is 11.6 Å². The van der Waals surface area contributed by atoms with Crippen LogP contribution in [0.15, 0.2) is 36.5 Å². The number of aliphatic hydroxyl groups excluding tert-OH is 1. The van der Waals surface area contributed by atoms with Gasteiger partial charge in [-0.25, -0.2) is 0 Å². The van der Waals surface area contributed by atoms with E-state index >= 15 is 0 Å². The van der Waals surface area contributed by atoms with Crippen molar-refractivity contribution in [2.24, 2.45) is 0 Å². The number of carbonyl (C=O) groups is 2. The first-order valence-electron chi connectivity index (χ1n) is 7.94. The van der Waals surface area contributed by atoms with Crippen LogP contribution in [0.25, 0.3) is 0 Å². The molecule has 9 heteroatoms. The maximum Gasteiger partial charge on any atom is 0.290 e. The summed E-state index contributed by atoms with van der Waals surface area (Å²) in [6, 6.07) is 8.70. The molecular formula is C17H20ClN3O5. The lowest BCUT2D eigenvalue weighted by atomic mass is 9.97. The molecule has 1 aromatic heterocycles. The van der Waals surface area contributed by atoms with Crippen molar-refractivity contribution in [3.05, 3.63) is 52.8 Å². The van der Waals surface area contributed by atoms with Crippen LogP contribution in [0, 0.1) is 0 Å². The van der Waals surface area contributed by atoms with E-state index in [1.165, 1.54) is 0 Å². The van der Waals surface area contributed by atoms with E-state index in [2.05, 4.69) is 10.2 Å². The molecule has 26 heavy (non-hydrogen) atoms. The van der Waals surface area contributed by atoms with Gasteiger partial charge in [-0.05, 0) is 17.7 Å². The fourth-order valence-electron chi connectivity index (χ4n) is 2.90. The van der Waals surface area contributed by atoms with Gasteiger partial charge in [0.25, 0.3) is 6.47 Å². The van der Waals surface area contributed by atoms with Gasteiger partial charge in [-0.1, -0.05) is 29.8 Å². The van der Waals surface area contributed by atoms with Crippen molar-refractivity contribution in [1.82, 2.24) is 15.1 Å². The minimum Gasteiger partial charge on any atom is -0.483 e. The van der Waals surface area contributed by atoms with Crippen LogP contribution in [-0.2, 0) is 20.7 Å². The van der Waals surface area contributed by atoms with Crippen molar-refractivity contribution in [2.45, 2.75) is 18.6 Å². The number of carboxylic acid groups (broad SMARTS) is 1. The Kier molecular flexibility index (Phi) is 7.58. The molecule has 1 fully saturated rings. The SMILES string of the molecule is O=C(Cc1ccn[nH]1)N1CCO[C@@H](CO)[C@@H]1c1ccccc1Cl.O=CO. The number of aromatic amines is 1. The molecule has 1 aliphatic heterocycles. The van der Waals surface area contributed by atoms with Crippen molar-refractivity contribution in [2.75, 3.05) is 19.8 Å². The van der Waals surface area contributed by atoms with Crippen LogP contribution in [0.5, 0.6) is 0 Å². The minimum absolute atomic E-state index is 0.0547. The highest BCUT2D eigenvalue weighted by Crippen LogP contribution is 2.34. The quantitative estimate of drug-likeness (QED) is 0.687. The molecule has 140 valence electrons. The lowest BCUT2D eigenvalue weighted by Crippen LogP contribution is -2.50. The number of rotatable bonds is 4. The minimum atomic E-state index is -0.491. The molecule has 1 aliphatic rings. The van der Waals surface area contributed by atoms with Gasteiger partial charge < -0.3 is 19.8 Å². The second-order valence-corrected chi connectivity index (χ2v) is 5.92. The first kappa shape index (κ1) is 19.9. The molecule has 3 rings (SSSR count). The molecule has 1 aromatic carbocycles. The molecule has 2 atom stereocenters. The average Bonchev–Trinajstić information content (AvgIpc) is 3.15. The van der Waals surface area contributed by atoms with Crippen molar-refractivity contribution < 1.29 is 24.5 Å². The number of H-pyrrole nitrogens is 1. The Bertz CT molecular complexity index is 710. The van der Waals surface area contributed by atoms with Gasteiger partial charge in [-0.3, -0.25) is 14.7 Å². The molecule has 0 radical (unpaired) electrons. The number of aliphatic hydroxyl groups is 1. The van der Waals surface area contributed by atoms with Crippen LogP contribution in [0.2, 0.25) is 5.02 Å².